The molecule has 158 valence electrons. The number of nitrogens with one attached hydrogen (secondary N) is 1. The third kappa shape index (κ3) is 3.95. The van der Waals surface area contributed by atoms with E-state index >= 15 is 0 Å². The summed E-state index contributed by atoms with van der Waals surface area (Å²) in [6.45, 7) is 11.5. The highest BCUT2D eigenvalue weighted by atomic mass is 32.2. The van der Waals surface area contributed by atoms with Crippen LogP contribution >= 0.6 is 0 Å². The zero-order valence-corrected chi connectivity index (χ0v) is 18.5. The molecule has 8 heteroatoms. The molecule has 1 aromatic heterocycles. The number of hydrogen-bond donors (Lipinski definition) is 1. The Balaban J connectivity index is 1.97. The second-order valence-corrected chi connectivity index (χ2v) is 10.6. The molecule has 0 saturated heterocycles. The van der Waals surface area contributed by atoms with E-state index in [9.17, 15) is 17.6 Å². The van der Waals surface area contributed by atoms with Crippen molar-refractivity contribution >= 4 is 15.9 Å². The third-order valence-electron chi connectivity index (χ3n) is 5.53. The number of rotatable bonds is 5. The van der Waals surface area contributed by atoms with Crippen LogP contribution in [-0.4, -0.2) is 24.1 Å². The first-order valence-electron chi connectivity index (χ1n) is 9.79. The van der Waals surface area contributed by atoms with Crippen LogP contribution in [0.2, 0.25) is 0 Å². The number of carbonyl (C=O) groups is 1. The first-order chi connectivity index (χ1) is 13.3. The highest BCUT2D eigenvalue weighted by Gasteiger charge is 2.43. The second-order valence-electron chi connectivity index (χ2n) is 8.95. The van der Waals surface area contributed by atoms with Crippen molar-refractivity contribution in [2.45, 2.75) is 76.3 Å². The first-order valence-corrected chi connectivity index (χ1v) is 11.3. The van der Waals surface area contributed by atoms with Gasteiger partial charge in [-0.25, -0.2) is 9.11 Å². The fraction of sp³-hybridized carbons (Fsp3) is 0.524. The Morgan fingerprint density at radius 2 is 1.93 bits per heavy atom. The number of benzene rings is 1. The normalized spacial score (nSPS) is 18.3. The lowest BCUT2D eigenvalue weighted by molar-refractivity contribution is -0.121. The van der Waals surface area contributed by atoms with E-state index in [0.717, 1.165) is 16.7 Å². The van der Waals surface area contributed by atoms with E-state index in [4.69, 9.17) is 0 Å². The largest absolute Gasteiger partial charge is 0.283 e. The summed E-state index contributed by atoms with van der Waals surface area (Å²) < 4.78 is 43.3. The third-order valence-corrected chi connectivity index (χ3v) is 6.77. The first kappa shape index (κ1) is 21.5. The summed E-state index contributed by atoms with van der Waals surface area (Å²) in [4.78, 5) is 13.1. The number of carbonyl (C=O) groups excluding carboxylic acids is 1. The van der Waals surface area contributed by atoms with Crippen LogP contribution in [0, 0.1) is 5.82 Å². The number of nitrogens with zero attached hydrogens (tertiary/aromatic N) is 2. The lowest BCUT2D eigenvalue weighted by Crippen LogP contribution is -2.35. The molecule has 0 bridgehead atoms. The van der Waals surface area contributed by atoms with Crippen molar-refractivity contribution < 1.29 is 17.6 Å². The van der Waals surface area contributed by atoms with Gasteiger partial charge in [0.2, 0.25) is 5.91 Å². The highest BCUT2D eigenvalue weighted by Crippen LogP contribution is 2.49. The van der Waals surface area contributed by atoms with Crippen molar-refractivity contribution in [1.29, 1.82) is 0 Å². The van der Waals surface area contributed by atoms with Crippen LogP contribution in [-0.2, 0) is 20.2 Å². The SMILES string of the molecule is CC(C)c1cc(F)cc2c1C(C(=O)NS(=O)(=O)c1ccn(C(C)C)n1)CC2(C)C. The summed E-state index contributed by atoms with van der Waals surface area (Å²) in [6, 6.07) is 4.29. The van der Waals surface area contributed by atoms with Gasteiger partial charge in [0.15, 0.2) is 5.03 Å². The van der Waals surface area contributed by atoms with Crippen LogP contribution in [0.3, 0.4) is 0 Å². The summed E-state index contributed by atoms with van der Waals surface area (Å²) in [5.41, 5.74) is 1.81. The van der Waals surface area contributed by atoms with Crippen molar-refractivity contribution in [3.05, 3.63) is 46.9 Å². The smallest absolute Gasteiger partial charge is 0.273 e. The lowest BCUT2D eigenvalue weighted by Gasteiger charge is -2.20. The number of aromatic nitrogens is 2. The molecular formula is C21H28FN3O3S. The average Bonchev–Trinajstić information content (AvgIpc) is 3.18. The summed E-state index contributed by atoms with van der Waals surface area (Å²) in [7, 11) is -4.10. The molecule has 1 aliphatic rings. The van der Waals surface area contributed by atoms with Crippen molar-refractivity contribution in [1.82, 2.24) is 14.5 Å². The van der Waals surface area contributed by atoms with Gasteiger partial charge in [-0.15, -0.1) is 0 Å². The summed E-state index contributed by atoms with van der Waals surface area (Å²) in [5.74, 6) is -1.61. The molecule has 3 rings (SSSR count). The highest BCUT2D eigenvalue weighted by molar-refractivity contribution is 7.90. The van der Waals surface area contributed by atoms with Crippen LogP contribution in [0.15, 0.2) is 29.4 Å². The van der Waals surface area contributed by atoms with Crippen molar-refractivity contribution in [3.63, 3.8) is 0 Å². The molecule has 1 amide bonds. The van der Waals surface area contributed by atoms with Crippen LogP contribution in [0.1, 0.15) is 82.5 Å². The number of amides is 1. The predicted octanol–water partition coefficient (Wildman–Crippen LogP) is 4.00. The Labute approximate surface area is 171 Å². The van der Waals surface area contributed by atoms with Crippen LogP contribution in [0.4, 0.5) is 4.39 Å². The molecule has 0 saturated carbocycles. The fourth-order valence-corrected chi connectivity index (χ4v) is 4.97. The van der Waals surface area contributed by atoms with Gasteiger partial charge in [-0.3, -0.25) is 9.48 Å². The molecule has 1 aliphatic carbocycles. The van der Waals surface area contributed by atoms with Gasteiger partial charge in [0.05, 0.1) is 5.92 Å². The van der Waals surface area contributed by atoms with E-state index in [0.29, 0.717) is 6.42 Å². The molecule has 1 heterocycles. The monoisotopic (exact) mass is 421 g/mol. The Kier molecular flexibility index (Phi) is 5.36. The summed E-state index contributed by atoms with van der Waals surface area (Å²) in [5, 5.41) is 3.86. The van der Waals surface area contributed by atoms with Crippen molar-refractivity contribution in [3.8, 4) is 0 Å². The topological polar surface area (TPSA) is 81.1 Å². The fourth-order valence-electron chi connectivity index (χ4n) is 4.02. The van der Waals surface area contributed by atoms with Gasteiger partial charge in [0.25, 0.3) is 10.0 Å². The molecule has 1 unspecified atom stereocenters. The van der Waals surface area contributed by atoms with E-state index in [1.165, 1.54) is 22.9 Å². The minimum Gasteiger partial charge on any atom is -0.273 e. The summed E-state index contributed by atoms with van der Waals surface area (Å²) in [6.07, 6.45) is 1.98. The van der Waals surface area contributed by atoms with Gasteiger partial charge in [-0.2, -0.15) is 13.5 Å². The van der Waals surface area contributed by atoms with Gasteiger partial charge >= 0.3 is 0 Å². The van der Waals surface area contributed by atoms with Crippen LogP contribution in [0.5, 0.6) is 0 Å². The maximum Gasteiger partial charge on any atom is 0.283 e. The number of sulfonamides is 1. The minimum atomic E-state index is -4.10. The molecule has 0 radical (unpaired) electrons. The van der Waals surface area contributed by atoms with Crippen LogP contribution < -0.4 is 4.72 Å². The zero-order valence-electron chi connectivity index (χ0n) is 17.7. The molecule has 1 aromatic carbocycles. The Hall–Kier alpha value is -2.22. The van der Waals surface area contributed by atoms with E-state index in [2.05, 4.69) is 9.82 Å². The lowest BCUT2D eigenvalue weighted by atomic mass is 9.85. The molecular weight excluding hydrogens is 393 g/mol. The quantitative estimate of drug-likeness (QED) is 0.791. The molecule has 1 atom stereocenters. The molecule has 1 N–H and O–H groups in total. The van der Waals surface area contributed by atoms with E-state index in [1.807, 2.05) is 41.5 Å². The zero-order chi connectivity index (χ0) is 21.7. The molecule has 0 aliphatic heterocycles. The maximum atomic E-state index is 14.2. The molecule has 2 aromatic rings. The van der Waals surface area contributed by atoms with Gasteiger partial charge in [0, 0.05) is 12.2 Å². The van der Waals surface area contributed by atoms with Gasteiger partial charge < -0.3 is 0 Å². The summed E-state index contributed by atoms with van der Waals surface area (Å²) >= 11 is 0. The number of fused-ring (bicyclic) bond motifs is 1. The van der Waals surface area contributed by atoms with Gasteiger partial charge in [0.1, 0.15) is 5.82 Å². The van der Waals surface area contributed by atoms with Gasteiger partial charge in [-0.1, -0.05) is 27.7 Å². The molecule has 29 heavy (non-hydrogen) atoms. The Morgan fingerprint density at radius 1 is 1.28 bits per heavy atom. The Bertz CT molecular complexity index is 1060. The Morgan fingerprint density at radius 3 is 2.48 bits per heavy atom. The van der Waals surface area contributed by atoms with Crippen LogP contribution in [0.25, 0.3) is 0 Å². The number of hydrogen-bond acceptors (Lipinski definition) is 4. The van der Waals surface area contributed by atoms with E-state index in [-0.39, 0.29) is 22.8 Å². The van der Waals surface area contributed by atoms with Gasteiger partial charge in [-0.05, 0) is 66.5 Å². The maximum absolute atomic E-state index is 14.2. The number of halogens is 1. The van der Waals surface area contributed by atoms with Crippen molar-refractivity contribution in [2.75, 3.05) is 0 Å². The average molecular weight is 422 g/mol. The molecule has 6 nitrogen and oxygen atoms in total. The molecule has 0 spiro atoms. The van der Waals surface area contributed by atoms with Crippen molar-refractivity contribution in [2.24, 2.45) is 0 Å². The predicted molar refractivity (Wildman–Crippen MR) is 109 cm³/mol. The van der Waals surface area contributed by atoms with E-state index in [1.54, 1.807) is 6.20 Å². The second kappa shape index (κ2) is 7.23. The van der Waals surface area contributed by atoms with E-state index < -0.39 is 27.3 Å². The molecule has 0 fully saturated rings. The minimum absolute atomic E-state index is 0.000608. The standard InChI is InChI=1S/C21H28FN3O3S/c1-12(2)15-9-14(22)10-17-19(15)16(11-21(17,5)6)20(26)24-29(27,28)18-7-8-25(23-18)13(3)4/h7-10,12-13,16H,11H2,1-6H3,(H,24,26).